The molecule has 3 rings (SSSR count). The molecule has 0 aliphatic carbocycles. The number of furan rings is 1. The molecule has 1 aliphatic rings. The third kappa shape index (κ3) is 2.59. The maximum absolute atomic E-state index is 12.8. The average Bonchev–Trinajstić information content (AvgIpc) is 2.84. The SMILES string of the molecule is CNC1CCCN(C(=O)c2coc(C)c2)c2ccccc21. The number of nitrogens with one attached hydrogen (secondary N) is 1. The van der Waals surface area contributed by atoms with Gasteiger partial charge >= 0.3 is 0 Å². The number of anilines is 1. The Morgan fingerprint density at radius 3 is 2.90 bits per heavy atom. The standard InChI is InChI=1S/C17H20N2O2/c1-12-10-13(11-21-12)17(20)19-9-5-7-15(18-2)14-6-3-4-8-16(14)19/h3-4,6,8,10-11,15,18H,5,7,9H2,1-2H3. The highest BCUT2D eigenvalue weighted by molar-refractivity contribution is 6.06. The van der Waals surface area contributed by atoms with E-state index in [0.717, 1.165) is 30.8 Å². The van der Waals surface area contributed by atoms with Crippen molar-refractivity contribution < 1.29 is 9.21 Å². The summed E-state index contributed by atoms with van der Waals surface area (Å²) in [5.74, 6) is 0.769. The van der Waals surface area contributed by atoms with E-state index in [4.69, 9.17) is 4.42 Å². The van der Waals surface area contributed by atoms with Gasteiger partial charge in [-0.15, -0.1) is 0 Å². The fraction of sp³-hybridized carbons (Fsp3) is 0.353. The van der Waals surface area contributed by atoms with Crippen molar-refractivity contribution in [2.45, 2.75) is 25.8 Å². The van der Waals surface area contributed by atoms with Crippen molar-refractivity contribution in [3.63, 3.8) is 0 Å². The van der Waals surface area contributed by atoms with Crippen molar-refractivity contribution in [3.05, 3.63) is 53.5 Å². The normalized spacial score (nSPS) is 18.2. The molecule has 0 fully saturated rings. The number of carbonyl (C=O) groups excluding carboxylic acids is 1. The first kappa shape index (κ1) is 13.9. The Labute approximate surface area is 124 Å². The van der Waals surface area contributed by atoms with Gasteiger partial charge in [-0.3, -0.25) is 4.79 Å². The molecular formula is C17H20N2O2. The average molecular weight is 284 g/mol. The highest BCUT2D eigenvalue weighted by atomic mass is 16.3. The summed E-state index contributed by atoms with van der Waals surface area (Å²) in [4.78, 5) is 14.6. The van der Waals surface area contributed by atoms with Crippen molar-refractivity contribution in [3.8, 4) is 0 Å². The molecule has 110 valence electrons. The zero-order chi connectivity index (χ0) is 14.8. The summed E-state index contributed by atoms with van der Waals surface area (Å²) in [5, 5.41) is 3.35. The van der Waals surface area contributed by atoms with E-state index in [-0.39, 0.29) is 5.91 Å². The van der Waals surface area contributed by atoms with Gasteiger partial charge in [0.25, 0.3) is 5.91 Å². The molecule has 0 radical (unpaired) electrons. The predicted molar refractivity (Wildman–Crippen MR) is 82.6 cm³/mol. The van der Waals surface area contributed by atoms with Gasteiger partial charge in [0.1, 0.15) is 12.0 Å². The molecule has 2 heterocycles. The van der Waals surface area contributed by atoms with Gasteiger partial charge < -0.3 is 14.6 Å². The van der Waals surface area contributed by atoms with E-state index >= 15 is 0 Å². The Balaban J connectivity index is 2.00. The van der Waals surface area contributed by atoms with Gasteiger partial charge in [-0.05, 0) is 44.5 Å². The fourth-order valence-electron chi connectivity index (χ4n) is 2.98. The lowest BCUT2D eigenvalue weighted by Crippen LogP contribution is -2.31. The molecule has 0 saturated heterocycles. The third-order valence-corrected chi connectivity index (χ3v) is 4.05. The van der Waals surface area contributed by atoms with Crippen molar-refractivity contribution in [2.24, 2.45) is 0 Å². The number of hydrogen-bond donors (Lipinski definition) is 1. The summed E-state index contributed by atoms with van der Waals surface area (Å²) in [7, 11) is 1.97. The zero-order valence-electron chi connectivity index (χ0n) is 12.4. The molecule has 21 heavy (non-hydrogen) atoms. The molecule has 1 aliphatic heterocycles. The topological polar surface area (TPSA) is 45.5 Å². The van der Waals surface area contributed by atoms with Crippen LogP contribution in [0.2, 0.25) is 0 Å². The van der Waals surface area contributed by atoms with Crippen LogP contribution in [-0.2, 0) is 0 Å². The Bertz CT molecular complexity index is 648. The molecule has 1 aromatic heterocycles. The molecule has 0 spiro atoms. The van der Waals surface area contributed by atoms with Crippen molar-refractivity contribution in [2.75, 3.05) is 18.5 Å². The van der Waals surface area contributed by atoms with E-state index in [1.54, 1.807) is 12.3 Å². The van der Waals surface area contributed by atoms with Crippen LogP contribution >= 0.6 is 0 Å². The minimum atomic E-state index is 0.0102. The van der Waals surface area contributed by atoms with E-state index in [0.29, 0.717) is 11.6 Å². The van der Waals surface area contributed by atoms with Crippen LogP contribution in [-0.4, -0.2) is 19.5 Å². The monoisotopic (exact) mass is 284 g/mol. The van der Waals surface area contributed by atoms with E-state index in [9.17, 15) is 4.79 Å². The first-order valence-electron chi connectivity index (χ1n) is 7.34. The minimum absolute atomic E-state index is 0.0102. The zero-order valence-corrected chi connectivity index (χ0v) is 12.4. The van der Waals surface area contributed by atoms with Crippen molar-refractivity contribution >= 4 is 11.6 Å². The molecular weight excluding hydrogens is 264 g/mol. The number of carbonyl (C=O) groups is 1. The lowest BCUT2D eigenvalue weighted by atomic mass is 10.0. The Morgan fingerprint density at radius 2 is 2.19 bits per heavy atom. The Morgan fingerprint density at radius 1 is 1.38 bits per heavy atom. The second-order valence-corrected chi connectivity index (χ2v) is 5.45. The number of amides is 1. The lowest BCUT2D eigenvalue weighted by molar-refractivity contribution is 0.0986. The molecule has 1 unspecified atom stereocenters. The molecule has 4 nitrogen and oxygen atoms in total. The van der Waals surface area contributed by atoms with E-state index in [1.807, 2.05) is 37.1 Å². The number of benzene rings is 1. The van der Waals surface area contributed by atoms with E-state index < -0.39 is 0 Å². The van der Waals surface area contributed by atoms with Crippen molar-refractivity contribution in [1.29, 1.82) is 0 Å². The summed E-state index contributed by atoms with van der Waals surface area (Å²) >= 11 is 0. The number of para-hydroxylation sites is 1. The van der Waals surface area contributed by atoms with Crippen LogP contribution in [0.25, 0.3) is 0 Å². The smallest absolute Gasteiger partial charge is 0.261 e. The van der Waals surface area contributed by atoms with Gasteiger partial charge in [-0.25, -0.2) is 0 Å². The van der Waals surface area contributed by atoms with Crippen LogP contribution < -0.4 is 10.2 Å². The fourth-order valence-corrected chi connectivity index (χ4v) is 2.98. The molecule has 0 bridgehead atoms. The number of hydrogen-bond acceptors (Lipinski definition) is 3. The van der Waals surface area contributed by atoms with Crippen LogP contribution in [0.3, 0.4) is 0 Å². The molecule has 1 aromatic carbocycles. The van der Waals surface area contributed by atoms with Crippen LogP contribution in [0.5, 0.6) is 0 Å². The number of rotatable bonds is 2. The largest absolute Gasteiger partial charge is 0.469 e. The second-order valence-electron chi connectivity index (χ2n) is 5.45. The maximum atomic E-state index is 12.8. The number of aryl methyl sites for hydroxylation is 1. The summed E-state index contributed by atoms with van der Waals surface area (Å²) in [6.07, 6.45) is 3.55. The minimum Gasteiger partial charge on any atom is -0.469 e. The summed E-state index contributed by atoms with van der Waals surface area (Å²) in [6.45, 7) is 2.59. The molecule has 0 saturated carbocycles. The number of fused-ring (bicyclic) bond motifs is 1. The van der Waals surface area contributed by atoms with Crippen molar-refractivity contribution in [1.82, 2.24) is 5.32 Å². The quantitative estimate of drug-likeness (QED) is 0.920. The third-order valence-electron chi connectivity index (χ3n) is 4.05. The first-order chi connectivity index (χ1) is 10.2. The van der Waals surface area contributed by atoms with Gasteiger partial charge in [0.05, 0.1) is 5.56 Å². The lowest BCUT2D eigenvalue weighted by Gasteiger charge is -2.23. The Hall–Kier alpha value is -2.07. The first-order valence-corrected chi connectivity index (χ1v) is 7.34. The molecule has 2 aromatic rings. The number of nitrogens with zero attached hydrogens (tertiary/aromatic N) is 1. The summed E-state index contributed by atoms with van der Waals surface area (Å²) < 4.78 is 5.28. The molecule has 1 atom stereocenters. The Kier molecular flexibility index (Phi) is 3.80. The van der Waals surface area contributed by atoms with Gasteiger partial charge in [-0.2, -0.15) is 0 Å². The highest BCUT2D eigenvalue weighted by Crippen LogP contribution is 2.33. The second kappa shape index (κ2) is 5.74. The van der Waals surface area contributed by atoms with Crippen LogP contribution in [0.15, 0.2) is 41.0 Å². The van der Waals surface area contributed by atoms with Crippen LogP contribution in [0.4, 0.5) is 5.69 Å². The summed E-state index contributed by atoms with van der Waals surface area (Å²) in [5.41, 5.74) is 2.80. The van der Waals surface area contributed by atoms with Crippen LogP contribution in [0.1, 0.15) is 40.6 Å². The van der Waals surface area contributed by atoms with E-state index in [1.165, 1.54) is 5.56 Å². The van der Waals surface area contributed by atoms with Gasteiger partial charge in [0, 0.05) is 18.3 Å². The van der Waals surface area contributed by atoms with Gasteiger partial charge in [0.15, 0.2) is 0 Å². The van der Waals surface area contributed by atoms with Gasteiger partial charge in [-0.1, -0.05) is 18.2 Å². The maximum Gasteiger partial charge on any atom is 0.261 e. The molecule has 1 amide bonds. The van der Waals surface area contributed by atoms with E-state index in [2.05, 4.69) is 11.4 Å². The highest BCUT2D eigenvalue weighted by Gasteiger charge is 2.26. The van der Waals surface area contributed by atoms with Crippen LogP contribution in [0, 0.1) is 6.92 Å². The predicted octanol–water partition coefficient (Wildman–Crippen LogP) is 3.29. The van der Waals surface area contributed by atoms with Gasteiger partial charge in [0.2, 0.25) is 0 Å². The summed E-state index contributed by atoms with van der Waals surface area (Å²) in [6, 6.07) is 10.2. The molecule has 1 N–H and O–H groups in total. The molecule has 4 heteroatoms.